The molecule has 2 aliphatic heterocycles. The molecule has 0 saturated carbocycles. The predicted octanol–water partition coefficient (Wildman–Crippen LogP) is 3.92. The van der Waals surface area contributed by atoms with E-state index in [1.54, 1.807) is 36.5 Å². The lowest BCUT2D eigenvalue weighted by Crippen LogP contribution is -2.44. The van der Waals surface area contributed by atoms with Gasteiger partial charge in [0.05, 0.1) is 31.4 Å². The first-order valence-electron chi connectivity index (χ1n) is 11.8. The summed E-state index contributed by atoms with van der Waals surface area (Å²) in [5.41, 5.74) is 9.49. The van der Waals surface area contributed by atoms with Crippen molar-refractivity contribution in [1.82, 2.24) is 9.47 Å². The van der Waals surface area contributed by atoms with Crippen LogP contribution in [0.15, 0.2) is 35.8 Å². The molecule has 178 valence electrons. The fourth-order valence-corrected chi connectivity index (χ4v) is 4.69. The molecule has 1 aromatic heterocycles. The number of carbonyl (C=O) groups is 1. The number of nitrogens with two attached hydrogens (primary N) is 1. The van der Waals surface area contributed by atoms with Crippen LogP contribution >= 0.6 is 0 Å². The lowest BCUT2D eigenvalue weighted by Gasteiger charge is -2.34. The van der Waals surface area contributed by atoms with Crippen LogP contribution in [-0.4, -0.2) is 54.4 Å². The summed E-state index contributed by atoms with van der Waals surface area (Å²) >= 11 is 0. The molecule has 2 aliphatic rings. The van der Waals surface area contributed by atoms with Gasteiger partial charge in [0, 0.05) is 31.2 Å². The van der Waals surface area contributed by atoms with Crippen molar-refractivity contribution >= 4 is 29.3 Å². The lowest BCUT2D eigenvalue weighted by atomic mass is 10.1. The molecule has 1 atom stereocenters. The van der Waals surface area contributed by atoms with E-state index in [1.165, 1.54) is 0 Å². The van der Waals surface area contributed by atoms with Gasteiger partial charge in [-0.3, -0.25) is 4.79 Å². The highest BCUT2D eigenvalue weighted by atomic mass is 16.5. The molecule has 34 heavy (non-hydrogen) atoms. The van der Waals surface area contributed by atoms with Crippen molar-refractivity contribution in [2.75, 3.05) is 31.6 Å². The molecule has 0 aliphatic carbocycles. The zero-order valence-corrected chi connectivity index (χ0v) is 20.0. The quantitative estimate of drug-likeness (QED) is 0.599. The number of nitriles is 1. The van der Waals surface area contributed by atoms with Crippen molar-refractivity contribution in [2.24, 2.45) is 10.7 Å². The highest BCUT2D eigenvalue weighted by molar-refractivity contribution is 6.01. The Balaban J connectivity index is 1.69. The minimum absolute atomic E-state index is 0.0654. The Morgan fingerprint density at radius 3 is 2.94 bits per heavy atom. The van der Waals surface area contributed by atoms with Gasteiger partial charge in [0.2, 0.25) is 0 Å². The van der Waals surface area contributed by atoms with Crippen molar-refractivity contribution in [3.05, 3.63) is 47.7 Å². The van der Waals surface area contributed by atoms with E-state index in [0.717, 1.165) is 50.3 Å². The maximum Gasteiger partial charge on any atom is 0.182 e. The number of methoxy groups -OCH3 is 1. The molecule has 1 aromatic carbocycles. The molecule has 2 aromatic rings. The number of nitrogens with zero attached hydrogens (tertiary/aromatic N) is 5. The molecular formula is C26H32N6O2. The molecule has 0 spiro atoms. The van der Waals surface area contributed by atoms with E-state index in [1.807, 2.05) is 6.07 Å². The van der Waals surface area contributed by atoms with Gasteiger partial charge in [-0.2, -0.15) is 5.26 Å². The molecule has 1 saturated heterocycles. The van der Waals surface area contributed by atoms with Crippen LogP contribution in [0.5, 0.6) is 5.75 Å². The molecule has 0 amide bonds. The van der Waals surface area contributed by atoms with Gasteiger partial charge in [0.1, 0.15) is 28.9 Å². The van der Waals surface area contributed by atoms with Crippen LogP contribution in [0, 0.1) is 11.3 Å². The van der Waals surface area contributed by atoms with Gasteiger partial charge in [-0.15, -0.1) is 0 Å². The number of anilines is 1. The van der Waals surface area contributed by atoms with Gasteiger partial charge in [-0.1, -0.05) is 32.1 Å². The van der Waals surface area contributed by atoms with E-state index in [9.17, 15) is 10.1 Å². The smallest absolute Gasteiger partial charge is 0.182 e. The number of piperidine rings is 1. The average molecular weight is 461 g/mol. The monoisotopic (exact) mass is 460 g/mol. The minimum Gasteiger partial charge on any atom is -0.497 e. The van der Waals surface area contributed by atoms with E-state index in [-0.39, 0.29) is 18.4 Å². The highest BCUT2D eigenvalue weighted by Crippen LogP contribution is 2.43. The molecule has 3 heterocycles. The molecule has 8 heteroatoms. The summed E-state index contributed by atoms with van der Waals surface area (Å²) in [6, 6.07) is 9.58. The normalized spacial score (nSPS) is 17.5. The van der Waals surface area contributed by atoms with Gasteiger partial charge in [0.25, 0.3) is 0 Å². The number of ketones is 1. The summed E-state index contributed by atoms with van der Waals surface area (Å²) in [6.45, 7) is 8.86. The third-order valence-electron chi connectivity index (χ3n) is 6.47. The molecule has 1 fully saturated rings. The summed E-state index contributed by atoms with van der Waals surface area (Å²) in [5.74, 6) is 1.44. The van der Waals surface area contributed by atoms with Crippen LogP contribution in [0.25, 0.3) is 5.70 Å². The second kappa shape index (κ2) is 10.1. The van der Waals surface area contributed by atoms with Gasteiger partial charge in [-0.05, 0) is 31.4 Å². The highest BCUT2D eigenvalue weighted by Gasteiger charge is 2.33. The lowest BCUT2D eigenvalue weighted by molar-refractivity contribution is 0.0977. The molecule has 0 unspecified atom stereocenters. The summed E-state index contributed by atoms with van der Waals surface area (Å²) in [5, 5.41) is 10.1. The van der Waals surface area contributed by atoms with Crippen LogP contribution in [-0.2, 0) is 6.54 Å². The number of aromatic nitrogens is 1. The van der Waals surface area contributed by atoms with Gasteiger partial charge in [-0.25, -0.2) is 4.99 Å². The summed E-state index contributed by atoms with van der Waals surface area (Å²) in [6.07, 6.45) is 5.56. The maximum atomic E-state index is 13.0. The van der Waals surface area contributed by atoms with Crippen LogP contribution in [0.3, 0.4) is 0 Å². The standard InChI is InChI=1S/C26H32N6O2/c1-4-5-12-32-25-18(2)31(16-23(33)19-8-6-10-21(13-19)34-3)17-29-24(25)22(14-27)26(32)30-11-7-9-20(28)15-30/h6,8,10,13,17,20H,2,4-5,7,9,11-12,15-16,28H2,1,3H3/t20-/m0/s1. The zero-order chi connectivity index (χ0) is 24.2. The van der Waals surface area contributed by atoms with Crippen LogP contribution < -0.4 is 15.4 Å². The van der Waals surface area contributed by atoms with Crippen molar-refractivity contribution in [3.63, 3.8) is 0 Å². The predicted molar refractivity (Wildman–Crippen MR) is 135 cm³/mol. The number of hydrogen-bond donors (Lipinski definition) is 1. The van der Waals surface area contributed by atoms with Crippen molar-refractivity contribution in [3.8, 4) is 11.8 Å². The Bertz CT molecular complexity index is 1160. The first-order valence-corrected chi connectivity index (χ1v) is 11.8. The SMILES string of the molecule is C=C1c2c(c(C#N)c(N3CCC[C@H](N)C3)n2CCCC)N=CN1CC(=O)c1cccc(OC)c1. The van der Waals surface area contributed by atoms with Crippen LogP contribution in [0.4, 0.5) is 11.5 Å². The second-order valence-corrected chi connectivity index (χ2v) is 8.84. The number of hydrogen-bond acceptors (Lipinski definition) is 7. The fraction of sp³-hybridized carbons (Fsp3) is 0.423. The fourth-order valence-electron chi connectivity index (χ4n) is 4.69. The first-order chi connectivity index (χ1) is 16.5. The number of rotatable bonds is 8. The van der Waals surface area contributed by atoms with Gasteiger partial charge >= 0.3 is 0 Å². The topological polar surface area (TPSA) is 99.9 Å². The minimum atomic E-state index is -0.0654. The molecular weight excluding hydrogens is 428 g/mol. The third kappa shape index (κ3) is 4.44. The van der Waals surface area contributed by atoms with Crippen LogP contribution in [0.2, 0.25) is 0 Å². The molecule has 0 radical (unpaired) electrons. The van der Waals surface area contributed by atoms with E-state index < -0.39 is 0 Å². The van der Waals surface area contributed by atoms with Crippen molar-refractivity contribution in [1.29, 1.82) is 5.26 Å². The number of fused-ring (bicyclic) bond motifs is 1. The van der Waals surface area contributed by atoms with Crippen LogP contribution in [0.1, 0.15) is 54.2 Å². The molecule has 8 nitrogen and oxygen atoms in total. The van der Waals surface area contributed by atoms with Gasteiger partial charge in [0.15, 0.2) is 5.78 Å². The summed E-state index contributed by atoms with van der Waals surface area (Å²) in [4.78, 5) is 21.6. The van der Waals surface area contributed by atoms with Gasteiger partial charge < -0.3 is 24.8 Å². The number of unbranched alkanes of at least 4 members (excludes halogenated alkanes) is 1. The largest absolute Gasteiger partial charge is 0.497 e. The van der Waals surface area contributed by atoms with E-state index in [0.29, 0.717) is 34.8 Å². The summed E-state index contributed by atoms with van der Waals surface area (Å²) in [7, 11) is 1.58. The number of carbonyl (C=O) groups excluding carboxylic acids is 1. The number of benzene rings is 1. The van der Waals surface area contributed by atoms with Crippen molar-refractivity contribution < 1.29 is 9.53 Å². The Hall–Kier alpha value is -3.57. The van der Waals surface area contributed by atoms with Crippen molar-refractivity contribution in [2.45, 2.75) is 45.2 Å². The second-order valence-electron chi connectivity index (χ2n) is 8.84. The summed E-state index contributed by atoms with van der Waals surface area (Å²) < 4.78 is 7.42. The number of Topliss-reactive ketones (excluding diaryl/α,β-unsaturated/α-hetero) is 1. The maximum absolute atomic E-state index is 13.0. The Morgan fingerprint density at radius 1 is 1.41 bits per heavy atom. The number of aliphatic imine (C=N–C) groups is 1. The zero-order valence-electron chi connectivity index (χ0n) is 20.0. The Morgan fingerprint density at radius 2 is 2.24 bits per heavy atom. The average Bonchev–Trinajstić information content (AvgIpc) is 3.18. The molecule has 0 bridgehead atoms. The Labute approximate surface area is 200 Å². The molecule has 4 rings (SSSR count). The van der Waals surface area contributed by atoms with E-state index >= 15 is 0 Å². The number of ether oxygens (including phenoxy) is 1. The molecule has 2 N–H and O–H groups in total. The first kappa shape index (κ1) is 23.6. The Kier molecular flexibility index (Phi) is 7.03. The third-order valence-corrected chi connectivity index (χ3v) is 6.47. The van der Waals surface area contributed by atoms with E-state index in [2.05, 4.69) is 34.0 Å². The van der Waals surface area contributed by atoms with E-state index in [4.69, 9.17) is 10.5 Å².